The SMILES string of the molecule is CC(C)OC(=O)[C@H](C)N[P@@](=O)(OC[C@H]1S[C@@](C#N)(c2ccc3c(N)ncnn23)[C@H](O)[C@@H]1O)Oc1ccccc1. The molecule has 0 spiro atoms. The average molecular weight is 577 g/mol. The van der Waals surface area contributed by atoms with Gasteiger partial charge in [-0.25, -0.2) is 14.1 Å². The zero-order valence-electron chi connectivity index (χ0n) is 21.4. The Morgan fingerprint density at radius 2 is 2.00 bits per heavy atom. The number of thioether (sulfide) groups is 1. The Morgan fingerprint density at radius 3 is 2.67 bits per heavy atom. The molecule has 39 heavy (non-hydrogen) atoms. The molecular formula is C24H29N6O7PS. The summed E-state index contributed by atoms with van der Waals surface area (Å²) in [6, 6.07) is 12.4. The summed E-state index contributed by atoms with van der Waals surface area (Å²) in [6.07, 6.45) is -2.19. The van der Waals surface area contributed by atoms with Crippen LogP contribution >= 0.6 is 19.5 Å². The highest BCUT2D eigenvalue weighted by Gasteiger charge is 2.57. The maximum absolute atomic E-state index is 13.8. The third-order valence-corrected chi connectivity index (χ3v) is 9.20. The number of nitrogens with two attached hydrogens (primary N) is 1. The van der Waals surface area contributed by atoms with Crippen LogP contribution in [0, 0.1) is 11.3 Å². The van der Waals surface area contributed by atoms with Gasteiger partial charge < -0.3 is 25.2 Å². The number of aliphatic hydroxyl groups is 2. The van der Waals surface area contributed by atoms with Crippen molar-refractivity contribution < 1.29 is 33.4 Å². The fraction of sp³-hybridized carbons (Fsp3) is 0.417. The van der Waals surface area contributed by atoms with Crippen LogP contribution in [0.1, 0.15) is 26.5 Å². The van der Waals surface area contributed by atoms with Crippen molar-refractivity contribution in [3.63, 3.8) is 0 Å². The van der Waals surface area contributed by atoms with Crippen LogP contribution in [0.4, 0.5) is 5.82 Å². The van der Waals surface area contributed by atoms with Gasteiger partial charge in [-0.2, -0.15) is 15.4 Å². The number of nitrogens with zero attached hydrogens (tertiary/aromatic N) is 4. The lowest BCUT2D eigenvalue weighted by molar-refractivity contribution is -0.149. The van der Waals surface area contributed by atoms with Crippen molar-refractivity contribution in [1.82, 2.24) is 19.7 Å². The summed E-state index contributed by atoms with van der Waals surface area (Å²) in [4.78, 5) is 16.3. The Kier molecular flexibility index (Phi) is 8.51. The lowest BCUT2D eigenvalue weighted by Crippen LogP contribution is -2.40. The second-order valence-corrected chi connectivity index (χ2v) is 12.3. The smallest absolute Gasteiger partial charge is 0.459 e. The monoisotopic (exact) mass is 576 g/mol. The van der Waals surface area contributed by atoms with E-state index in [-0.39, 0.29) is 17.3 Å². The molecule has 208 valence electrons. The molecule has 3 aromatic rings. The molecule has 1 fully saturated rings. The van der Waals surface area contributed by atoms with Crippen molar-refractivity contribution in [3.05, 3.63) is 54.5 Å². The van der Waals surface area contributed by atoms with Crippen molar-refractivity contribution >= 4 is 36.8 Å². The number of fused-ring (bicyclic) bond motifs is 1. The van der Waals surface area contributed by atoms with Crippen LogP contribution in [-0.4, -0.2) is 67.0 Å². The number of carbonyl (C=O) groups excluding carboxylic acids is 1. The number of hydrogen-bond donors (Lipinski definition) is 4. The van der Waals surface area contributed by atoms with Crippen LogP contribution in [0.15, 0.2) is 48.8 Å². The van der Waals surface area contributed by atoms with E-state index in [1.165, 1.54) is 17.8 Å². The number of aliphatic hydroxyl groups excluding tert-OH is 2. The topological polar surface area (TPSA) is 194 Å². The van der Waals surface area contributed by atoms with Gasteiger partial charge in [0.2, 0.25) is 0 Å². The Morgan fingerprint density at radius 1 is 1.28 bits per heavy atom. The van der Waals surface area contributed by atoms with Gasteiger partial charge in [-0.15, -0.1) is 11.8 Å². The van der Waals surface area contributed by atoms with Crippen LogP contribution in [0.5, 0.6) is 5.75 Å². The Bertz CT molecular complexity index is 1420. The molecule has 5 N–H and O–H groups in total. The highest BCUT2D eigenvalue weighted by Crippen LogP contribution is 2.53. The first-order chi connectivity index (χ1) is 18.5. The second-order valence-electron chi connectivity index (χ2n) is 9.13. The Balaban J connectivity index is 1.58. The number of para-hydroxylation sites is 1. The molecule has 2 aromatic heterocycles. The van der Waals surface area contributed by atoms with E-state index in [2.05, 4.69) is 21.2 Å². The van der Waals surface area contributed by atoms with Crippen LogP contribution < -0.4 is 15.3 Å². The van der Waals surface area contributed by atoms with E-state index in [9.17, 15) is 24.8 Å². The first kappa shape index (κ1) is 28.8. The van der Waals surface area contributed by atoms with E-state index >= 15 is 0 Å². The molecule has 1 saturated heterocycles. The van der Waals surface area contributed by atoms with E-state index in [4.69, 9.17) is 19.5 Å². The van der Waals surface area contributed by atoms with E-state index < -0.39 is 54.7 Å². The predicted octanol–water partition coefficient (Wildman–Crippen LogP) is 2.00. The van der Waals surface area contributed by atoms with Crippen molar-refractivity contribution in [1.29, 1.82) is 5.26 Å². The summed E-state index contributed by atoms with van der Waals surface area (Å²) < 4.78 is 30.0. The molecule has 3 heterocycles. The molecule has 6 atom stereocenters. The Labute approximate surface area is 228 Å². The number of aromatic nitrogens is 3. The van der Waals surface area contributed by atoms with E-state index in [0.29, 0.717) is 5.52 Å². The number of ether oxygens (including phenoxy) is 1. The summed E-state index contributed by atoms with van der Waals surface area (Å²) >= 11 is 0.929. The molecule has 4 rings (SSSR count). The minimum Gasteiger partial charge on any atom is -0.462 e. The van der Waals surface area contributed by atoms with Gasteiger partial charge in [0.15, 0.2) is 10.6 Å². The molecule has 0 aliphatic carbocycles. The third-order valence-electron chi connectivity index (χ3n) is 5.92. The zero-order valence-corrected chi connectivity index (χ0v) is 23.1. The minimum atomic E-state index is -4.23. The number of hydrogen-bond acceptors (Lipinski definition) is 12. The number of nitriles is 1. The molecule has 13 nitrogen and oxygen atoms in total. The standard InChI is InChI=1S/C24H29N6O7PS/c1-14(2)36-23(33)15(3)29-38(34,37-16-7-5-4-6-8-16)35-11-18-20(31)21(32)24(12-25,39-18)19-10-9-17-22(26)27-13-28-30(17)19/h4-10,13-15,18,20-21,31-32H,11H2,1-3H3,(H,29,34)(H2,26,27,28)/t15-,18+,20+,21+,24-,38+/m0/s1. The maximum Gasteiger partial charge on any atom is 0.459 e. The summed E-state index contributed by atoms with van der Waals surface area (Å²) in [5.74, 6) is -0.279. The lowest BCUT2D eigenvalue weighted by atomic mass is 9.94. The van der Waals surface area contributed by atoms with Crippen molar-refractivity contribution in [2.75, 3.05) is 12.3 Å². The first-order valence-electron chi connectivity index (χ1n) is 12.0. The molecule has 1 aliphatic heterocycles. The van der Waals surface area contributed by atoms with E-state index in [1.807, 2.05) is 0 Å². The molecule has 0 bridgehead atoms. The molecule has 1 aliphatic rings. The number of nitrogen functional groups attached to an aromatic ring is 1. The number of benzene rings is 1. The number of anilines is 1. The van der Waals surface area contributed by atoms with Crippen LogP contribution in [0.3, 0.4) is 0 Å². The van der Waals surface area contributed by atoms with Gasteiger partial charge in [0.05, 0.1) is 35.8 Å². The van der Waals surface area contributed by atoms with Crippen LogP contribution in [0.2, 0.25) is 0 Å². The molecular weight excluding hydrogens is 547 g/mol. The minimum absolute atomic E-state index is 0.178. The molecule has 0 saturated carbocycles. The largest absolute Gasteiger partial charge is 0.462 e. The van der Waals surface area contributed by atoms with Gasteiger partial charge in [0.1, 0.15) is 29.7 Å². The number of carbonyl (C=O) groups is 1. The summed E-state index contributed by atoms with van der Waals surface area (Å²) in [5.41, 5.74) is 6.61. The van der Waals surface area contributed by atoms with Gasteiger partial charge in [0, 0.05) is 0 Å². The average Bonchev–Trinajstić information content (AvgIpc) is 3.44. The van der Waals surface area contributed by atoms with Crippen molar-refractivity contribution in [2.45, 2.75) is 55.1 Å². The third kappa shape index (κ3) is 5.89. The van der Waals surface area contributed by atoms with Gasteiger partial charge in [-0.3, -0.25) is 9.32 Å². The fourth-order valence-electron chi connectivity index (χ4n) is 4.06. The van der Waals surface area contributed by atoms with E-state index in [1.54, 1.807) is 56.3 Å². The number of esters is 1. The van der Waals surface area contributed by atoms with Gasteiger partial charge in [-0.05, 0) is 45.0 Å². The molecule has 0 radical (unpaired) electrons. The van der Waals surface area contributed by atoms with Crippen molar-refractivity contribution in [2.24, 2.45) is 0 Å². The lowest BCUT2D eigenvalue weighted by Gasteiger charge is -2.25. The number of nitrogens with one attached hydrogen (secondary N) is 1. The highest BCUT2D eigenvalue weighted by molar-refractivity contribution is 8.01. The van der Waals surface area contributed by atoms with Crippen molar-refractivity contribution in [3.8, 4) is 11.8 Å². The first-order valence-corrected chi connectivity index (χ1v) is 14.4. The van der Waals surface area contributed by atoms with Gasteiger partial charge in [0.25, 0.3) is 0 Å². The quantitative estimate of drug-likeness (QED) is 0.202. The second kappa shape index (κ2) is 11.5. The maximum atomic E-state index is 13.8. The number of rotatable bonds is 10. The zero-order chi connectivity index (χ0) is 28.4. The van der Waals surface area contributed by atoms with Crippen LogP contribution in [-0.2, 0) is 23.4 Å². The molecule has 0 amide bonds. The van der Waals surface area contributed by atoms with Gasteiger partial charge in [-0.1, -0.05) is 18.2 Å². The normalized spacial score (nSPS) is 25.2. The molecule has 1 aromatic carbocycles. The predicted molar refractivity (Wildman–Crippen MR) is 143 cm³/mol. The Hall–Kier alpha value is -3.18. The summed E-state index contributed by atoms with van der Waals surface area (Å²) in [6.45, 7) is 4.41. The summed E-state index contributed by atoms with van der Waals surface area (Å²) in [5, 5.41) is 37.9. The van der Waals surface area contributed by atoms with Crippen LogP contribution in [0.25, 0.3) is 5.52 Å². The van der Waals surface area contributed by atoms with Gasteiger partial charge >= 0.3 is 13.7 Å². The fourth-order valence-corrected chi connectivity index (χ4v) is 7.18. The molecule has 15 heteroatoms. The van der Waals surface area contributed by atoms with E-state index in [0.717, 1.165) is 11.8 Å². The molecule has 0 unspecified atom stereocenters. The summed E-state index contributed by atoms with van der Waals surface area (Å²) in [7, 11) is -4.23. The highest BCUT2D eigenvalue weighted by atomic mass is 32.2.